The molecule has 19 heavy (non-hydrogen) atoms. The van der Waals surface area contributed by atoms with Gasteiger partial charge in [-0.15, -0.1) is 0 Å². The standard InChI is InChI=1S/C15H24N2O2/c1-12(2)19-14-6-4-13(5-7-14)17-9-8-15(10-17,11-18)16-3/h4-7,12,16,18H,8-11H2,1-3H3. The number of nitrogens with zero attached hydrogens (tertiary/aromatic N) is 1. The lowest BCUT2D eigenvalue weighted by Crippen LogP contribution is -2.48. The van der Waals surface area contributed by atoms with Crippen LogP contribution in [0.2, 0.25) is 0 Å². The van der Waals surface area contributed by atoms with Gasteiger partial charge in [0.25, 0.3) is 0 Å². The Bertz CT molecular complexity index is 399. The highest BCUT2D eigenvalue weighted by Gasteiger charge is 2.36. The van der Waals surface area contributed by atoms with E-state index in [2.05, 4.69) is 22.3 Å². The second-order valence-electron chi connectivity index (χ2n) is 5.52. The van der Waals surface area contributed by atoms with Crippen LogP contribution in [-0.2, 0) is 0 Å². The molecule has 1 aromatic rings. The monoisotopic (exact) mass is 264 g/mol. The third kappa shape index (κ3) is 3.19. The highest BCUT2D eigenvalue weighted by Crippen LogP contribution is 2.28. The lowest BCUT2D eigenvalue weighted by Gasteiger charge is -2.27. The van der Waals surface area contributed by atoms with Crippen molar-refractivity contribution in [2.75, 3.05) is 31.6 Å². The highest BCUT2D eigenvalue weighted by atomic mass is 16.5. The van der Waals surface area contributed by atoms with Crippen molar-refractivity contribution in [3.05, 3.63) is 24.3 Å². The summed E-state index contributed by atoms with van der Waals surface area (Å²) in [5, 5.41) is 12.8. The molecule has 1 aromatic carbocycles. The van der Waals surface area contributed by atoms with Crippen LogP contribution in [0.25, 0.3) is 0 Å². The molecule has 0 spiro atoms. The predicted molar refractivity (Wildman–Crippen MR) is 77.9 cm³/mol. The lowest BCUT2D eigenvalue weighted by molar-refractivity contribution is 0.184. The SMILES string of the molecule is CNC1(CO)CCN(c2ccc(OC(C)C)cc2)C1. The zero-order valence-corrected chi connectivity index (χ0v) is 12.0. The van der Waals surface area contributed by atoms with Crippen molar-refractivity contribution in [1.82, 2.24) is 5.32 Å². The molecule has 0 amide bonds. The Kier molecular flexibility index (Phi) is 4.32. The molecule has 106 valence electrons. The average molecular weight is 264 g/mol. The molecule has 1 atom stereocenters. The molecular weight excluding hydrogens is 240 g/mol. The summed E-state index contributed by atoms with van der Waals surface area (Å²) < 4.78 is 5.64. The van der Waals surface area contributed by atoms with E-state index in [0.717, 1.165) is 25.3 Å². The van der Waals surface area contributed by atoms with Gasteiger partial charge in [-0.05, 0) is 51.6 Å². The minimum Gasteiger partial charge on any atom is -0.491 e. The summed E-state index contributed by atoms with van der Waals surface area (Å²) in [6, 6.07) is 8.18. The van der Waals surface area contributed by atoms with Crippen molar-refractivity contribution in [2.45, 2.75) is 31.9 Å². The molecule has 4 nitrogen and oxygen atoms in total. The van der Waals surface area contributed by atoms with Crippen molar-refractivity contribution < 1.29 is 9.84 Å². The maximum Gasteiger partial charge on any atom is 0.119 e. The minimum absolute atomic E-state index is 0.160. The Morgan fingerprint density at radius 3 is 2.53 bits per heavy atom. The fraction of sp³-hybridized carbons (Fsp3) is 0.600. The lowest BCUT2D eigenvalue weighted by atomic mass is 10.0. The fourth-order valence-corrected chi connectivity index (χ4v) is 2.51. The van der Waals surface area contributed by atoms with Crippen LogP contribution in [0, 0.1) is 0 Å². The normalized spacial score (nSPS) is 23.1. The van der Waals surface area contributed by atoms with E-state index in [1.54, 1.807) is 0 Å². The van der Waals surface area contributed by atoms with E-state index in [4.69, 9.17) is 4.74 Å². The first-order valence-corrected chi connectivity index (χ1v) is 6.90. The molecule has 1 aliphatic rings. The fourth-order valence-electron chi connectivity index (χ4n) is 2.51. The number of aliphatic hydroxyl groups is 1. The first-order valence-electron chi connectivity index (χ1n) is 6.90. The van der Waals surface area contributed by atoms with E-state index in [1.165, 1.54) is 5.69 Å². The van der Waals surface area contributed by atoms with Crippen LogP contribution < -0.4 is 15.0 Å². The van der Waals surface area contributed by atoms with E-state index in [0.29, 0.717) is 0 Å². The number of ether oxygens (including phenoxy) is 1. The largest absolute Gasteiger partial charge is 0.491 e. The molecule has 1 unspecified atom stereocenters. The van der Waals surface area contributed by atoms with Gasteiger partial charge in [-0.25, -0.2) is 0 Å². The molecule has 0 aliphatic carbocycles. The number of anilines is 1. The molecule has 0 aromatic heterocycles. The number of hydrogen-bond donors (Lipinski definition) is 2. The third-order valence-corrected chi connectivity index (χ3v) is 3.76. The molecule has 2 N–H and O–H groups in total. The Hall–Kier alpha value is -1.26. The zero-order chi connectivity index (χ0) is 13.9. The van der Waals surface area contributed by atoms with Crippen LogP contribution in [0.3, 0.4) is 0 Å². The van der Waals surface area contributed by atoms with Crippen LogP contribution in [0.1, 0.15) is 20.3 Å². The number of nitrogens with one attached hydrogen (secondary N) is 1. The summed E-state index contributed by atoms with van der Waals surface area (Å²) in [6.45, 7) is 6.03. The summed E-state index contributed by atoms with van der Waals surface area (Å²) in [4.78, 5) is 2.30. The van der Waals surface area contributed by atoms with Crippen LogP contribution in [-0.4, -0.2) is 43.5 Å². The number of rotatable bonds is 5. The van der Waals surface area contributed by atoms with E-state index < -0.39 is 0 Å². The summed E-state index contributed by atoms with van der Waals surface area (Å²) in [5.74, 6) is 0.903. The number of likely N-dealkylation sites (N-methyl/N-ethyl adjacent to an activating group) is 1. The summed E-state index contributed by atoms with van der Waals surface area (Å²) >= 11 is 0. The summed E-state index contributed by atoms with van der Waals surface area (Å²) in [6.07, 6.45) is 1.16. The van der Waals surface area contributed by atoms with Crippen LogP contribution in [0.5, 0.6) is 5.75 Å². The van der Waals surface area contributed by atoms with Crippen LogP contribution in [0.4, 0.5) is 5.69 Å². The smallest absolute Gasteiger partial charge is 0.119 e. The molecule has 0 radical (unpaired) electrons. The molecule has 0 bridgehead atoms. The number of aliphatic hydroxyl groups excluding tert-OH is 1. The van der Waals surface area contributed by atoms with Crippen LogP contribution >= 0.6 is 0 Å². The van der Waals surface area contributed by atoms with E-state index >= 15 is 0 Å². The summed E-state index contributed by atoms with van der Waals surface area (Å²) in [5.41, 5.74) is 1.02. The minimum atomic E-state index is -0.160. The van der Waals surface area contributed by atoms with Crippen molar-refractivity contribution in [3.63, 3.8) is 0 Å². The van der Waals surface area contributed by atoms with Gasteiger partial charge < -0.3 is 20.1 Å². The van der Waals surface area contributed by atoms with E-state index in [1.807, 2.05) is 33.0 Å². The second-order valence-corrected chi connectivity index (χ2v) is 5.52. The van der Waals surface area contributed by atoms with Crippen molar-refractivity contribution in [1.29, 1.82) is 0 Å². The number of benzene rings is 1. The first-order chi connectivity index (χ1) is 9.08. The van der Waals surface area contributed by atoms with Gasteiger partial charge in [0.1, 0.15) is 5.75 Å². The van der Waals surface area contributed by atoms with Gasteiger partial charge in [0.05, 0.1) is 18.2 Å². The van der Waals surface area contributed by atoms with Crippen LogP contribution in [0.15, 0.2) is 24.3 Å². The number of hydrogen-bond acceptors (Lipinski definition) is 4. The maximum absolute atomic E-state index is 9.52. The van der Waals surface area contributed by atoms with E-state index in [9.17, 15) is 5.11 Å². The molecule has 1 saturated heterocycles. The van der Waals surface area contributed by atoms with Crippen molar-refractivity contribution >= 4 is 5.69 Å². The highest BCUT2D eigenvalue weighted by molar-refractivity contribution is 5.50. The zero-order valence-electron chi connectivity index (χ0n) is 12.0. The second kappa shape index (κ2) is 5.80. The Balaban J connectivity index is 2.03. The van der Waals surface area contributed by atoms with E-state index in [-0.39, 0.29) is 18.2 Å². The molecule has 0 saturated carbocycles. The molecular formula is C15H24N2O2. The molecule has 4 heteroatoms. The molecule has 1 fully saturated rings. The van der Waals surface area contributed by atoms with Gasteiger partial charge in [0.15, 0.2) is 0 Å². The average Bonchev–Trinajstić information content (AvgIpc) is 2.84. The summed E-state index contributed by atoms with van der Waals surface area (Å²) in [7, 11) is 1.92. The quantitative estimate of drug-likeness (QED) is 0.848. The maximum atomic E-state index is 9.52. The predicted octanol–water partition coefficient (Wildman–Crippen LogP) is 1.63. The van der Waals surface area contributed by atoms with Crippen molar-refractivity contribution in [2.24, 2.45) is 0 Å². The Morgan fingerprint density at radius 1 is 1.37 bits per heavy atom. The Labute approximate surface area is 115 Å². The van der Waals surface area contributed by atoms with Crippen molar-refractivity contribution in [3.8, 4) is 5.75 Å². The first kappa shape index (κ1) is 14.2. The van der Waals surface area contributed by atoms with Gasteiger partial charge in [-0.2, -0.15) is 0 Å². The third-order valence-electron chi connectivity index (χ3n) is 3.76. The topological polar surface area (TPSA) is 44.7 Å². The Morgan fingerprint density at radius 2 is 2.05 bits per heavy atom. The van der Waals surface area contributed by atoms with Gasteiger partial charge in [-0.3, -0.25) is 0 Å². The van der Waals surface area contributed by atoms with Gasteiger partial charge >= 0.3 is 0 Å². The van der Waals surface area contributed by atoms with Gasteiger partial charge in [0.2, 0.25) is 0 Å². The molecule has 2 rings (SSSR count). The van der Waals surface area contributed by atoms with Gasteiger partial charge in [-0.1, -0.05) is 0 Å². The molecule has 1 heterocycles. The molecule has 1 aliphatic heterocycles. The van der Waals surface area contributed by atoms with Gasteiger partial charge in [0, 0.05) is 18.8 Å².